The molecule has 1 aliphatic rings. The molecule has 4 rings (SSSR count). The summed E-state index contributed by atoms with van der Waals surface area (Å²) in [5.74, 6) is -2.75. The Bertz CT molecular complexity index is 1500. The van der Waals surface area contributed by atoms with Crippen LogP contribution in [0.1, 0.15) is 60.5 Å². The molecule has 1 aromatic heterocycles. The van der Waals surface area contributed by atoms with Gasteiger partial charge in [0.1, 0.15) is 11.9 Å². The van der Waals surface area contributed by atoms with Gasteiger partial charge in [-0.05, 0) is 48.7 Å². The van der Waals surface area contributed by atoms with Crippen LogP contribution in [0.2, 0.25) is 0 Å². The number of halogens is 4. The Morgan fingerprint density at radius 1 is 1.17 bits per heavy atom. The molecule has 2 heterocycles. The second-order valence-electron chi connectivity index (χ2n) is 9.45. The standard InChI is InChI=1S/C28H27F4N5O3S/c1-2-21(36-25(38)15-6-7-20(34)17(10-15)12-33)27(40)37-9-8-22-18(14-37)11-23(41-22)26(39)35-13-16-4-3-5-19(24(16)29)28(30,31)32/h3-7,10-12,21,33H,2,8-9,13-14,34H2,1H3,(H,35,39)(H,36,38)/t21-/m1/s1. The van der Waals surface area contributed by atoms with Gasteiger partial charge in [-0.1, -0.05) is 19.1 Å². The third-order valence-electron chi connectivity index (χ3n) is 6.74. The molecule has 1 atom stereocenters. The van der Waals surface area contributed by atoms with Crippen molar-refractivity contribution in [3.8, 4) is 0 Å². The Morgan fingerprint density at radius 2 is 1.93 bits per heavy atom. The fourth-order valence-electron chi connectivity index (χ4n) is 4.47. The molecule has 2 aromatic carbocycles. The smallest absolute Gasteiger partial charge is 0.398 e. The number of fused-ring (bicyclic) bond motifs is 1. The summed E-state index contributed by atoms with van der Waals surface area (Å²) in [5.41, 5.74) is 5.86. The van der Waals surface area contributed by atoms with Crippen molar-refractivity contribution in [1.82, 2.24) is 15.5 Å². The Balaban J connectivity index is 1.39. The molecule has 216 valence electrons. The Kier molecular flexibility index (Phi) is 8.76. The van der Waals surface area contributed by atoms with Crippen molar-refractivity contribution in [1.29, 1.82) is 5.41 Å². The quantitative estimate of drug-likeness (QED) is 0.175. The fraction of sp³-hybridized carbons (Fsp3) is 0.286. The number of nitrogens with zero attached hydrogens (tertiary/aromatic N) is 1. The number of rotatable bonds is 8. The SMILES string of the molecule is CC[C@@H](NC(=O)c1ccc(N)c(C=N)c1)C(=O)N1CCc2sc(C(=O)NCc3cccc(C(F)(F)F)c3F)cc2C1. The molecule has 41 heavy (non-hydrogen) atoms. The molecular formula is C28H27F4N5O3S. The number of nitrogens with two attached hydrogens (primary N) is 1. The molecule has 13 heteroatoms. The van der Waals surface area contributed by atoms with E-state index in [0.717, 1.165) is 22.7 Å². The zero-order valence-corrected chi connectivity index (χ0v) is 22.7. The number of alkyl halides is 3. The van der Waals surface area contributed by atoms with E-state index in [9.17, 15) is 31.9 Å². The number of nitrogens with one attached hydrogen (secondary N) is 3. The largest absolute Gasteiger partial charge is 0.419 e. The van der Waals surface area contributed by atoms with E-state index in [2.05, 4.69) is 10.6 Å². The van der Waals surface area contributed by atoms with Crippen molar-refractivity contribution in [2.45, 2.75) is 45.1 Å². The molecule has 0 saturated carbocycles. The number of amides is 3. The third kappa shape index (κ3) is 6.56. The highest BCUT2D eigenvalue weighted by molar-refractivity contribution is 7.14. The van der Waals surface area contributed by atoms with E-state index in [0.29, 0.717) is 41.6 Å². The maximum absolute atomic E-state index is 14.3. The van der Waals surface area contributed by atoms with Gasteiger partial charge in [0, 0.05) is 53.1 Å². The van der Waals surface area contributed by atoms with Gasteiger partial charge in [0.2, 0.25) is 5.91 Å². The maximum atomic E-state index is 14.3. The number of hydrogen-bond donors (Lipinski definition) is 4. The second kappa shape index (κ2) is 12.1. The van der Waals surface area contributed by atoms with Crippen LogP contribution in [0.4, 0.5) is 23.2 Å². The van der Waals surface area contributed by atoms with E-state index in [1.54, 1.807) is 17.9 Å². The lowest BCUT2D eigenvalue weighted by Gasteiger charge is -2.30. The normalized spacial score (nSPS) is 13.7. The average molecular weight is 590 g/mol. The molecule has 0 fully saturated rings. The summed E-state index contributed by atoms with van der Waals surface area (Å²) in [4.78, 5) is 41.6. The van der Waals surface area contributed by atoms with Gasteiger partial charge in [0.15, 0.2) is 0 Å². The minimum absolute atomic E-state index is 0.215. The summed E-state index contributed by atoms with van der Waals surface area (Å²) < 4.78 is 53.2. The Labute approximate surface area is 237 Å². The first-order chi connectivity index (χ1) is 19.4. The summed E-state index contributed by atoms with van der Waals surface area (Å²) in [6.45, 7) is 1.93. The van der Waals surface area contributed by atoms with Gasteiger partial charge >= 0.3 is 6.18 Å². The second-order valence-corrected chi connectivity index (χ2v) is 10.6. The molecule has 0 saturated heterocycles. The van der Waals surface area contributed by atoms with Crippen LogP contribution in [0.3, 0.4) is 0 Å². The number of nitrogen functional groups attached to an aromatic ring is 1. The predicted octanol–water partition coefficient (Wildman–Crippen LogP) is 4.51. The number of thiophene rings is 1. The molecule has 1 aliphatic heterocycles. The number of carbonyl (C=O) groups is 3. The molecule has 8 nitrogen and oxygen atoms in total. The van der Waals surface area contributed by atoms with Crippen LogP contribution in [0.15, 0.2) is 42.5 Å². The average Bonchev–Trinajstić information content (AvgIpc) is 3.38. The summed E-state index contributed by atoms with van der Waals surface area (Å²) >= 11 is 1.21. The molecule has 0 aliphatic carbocycles. The molecule has 3 aromatic rings. The lowest BCUT2D eigenvalue weighted by Crippen LogP contribution is -2.49. The van der Waals surface area contributed by atoms with Gasteiger partial charge < -0.3 is 26.7 Å². The highest BCUT2D eigenvalue weighted by Gasteiger charge is 2.35. The van der Waals surface area contributed by atoms with E-state index in [1.165, 1.54) is 35.6 Å². The summed E-state index contributed by atoms with van der Waals surface area (Å²) in [6.07, 6.45) is -2.99. The maximum Gasteiger partial charge on any atom is 0.419 e. The molecular weight excluding hydrogens is 562 g/mol. The van der Waals surface area contributed by atoms with Crippen LogP contribution in [-0.4, -0.2) is 41.4 Å². The Hall–Kier alpha value is -4.26. The van der Waals surface area contributed by atoms with Crippen LogP contribution >= 0.6 is 11.3 Å². The summed E-state index contributed by atoms with van der Waals surface area (Å²) in [5, 5.41) is 12.6. The van der Waals surface area contributed by atoms with E-state index in [-0.39, 0.29) is 23.6 Å². The van der Waals surface area contributed by atoms with Gasteiger partial charge in [-0.3, -0.25) is 14.4 Å². The summed E-state index contributed by atoms with van der Waals surface area (Å²) in [6, 6.07) is 8.22. The lowest BCUT2D eigenvalue weighted by atomic mass is 10.1. The van der Waals surface area contributed by atoms with Gasteiger partial charge in [0.25, 0.3) is 11.8 Å². The van der Waals surface area contributed by atoms with E-state index in [1.807, 2.05) is 0 Å². The van der Waals surface area contributed by atoms with E-state index < -0.39 is 42.0 Å². The molecule has 5 N–H and O–H groups in total. The van der Waals surface area contributed by atoms with E-state index in [4.69, 9.17) is 11.1 Å². The molecule has 0 bridgehead atoms. The van der Waals surface area contributed by atoms with Crippen LogP contribution in [0.25, 0.3) is 0 Å². The number of carbonyl (C=O) groups excluding carboxylic acids is 3. The zero-order valence-electron chi connectivity index (χ0n) is 21.9. The van der Waals surface area contributed by atoms with Crippen LogP contribution in [0.5, 0.6) is 0 Å². The van der Waals surface area contributed by atoms with Crippen LogP contribution < -0.4 is 16.4 Å². The lowest BCUT2D eigenvalue weighted by molar-refractivity contribution is -0.140. The Morgan fingerprint density at radius 3 is 2.61 bits per heavy atom. The van der Waals surface area contributed by atoms with Crippen molar-refractivity contribution in [3.63, 3.8) is 0 Å². The van der Waals surface area contributed by atoms with E-state index >= 15 is 0 Å². The fourth-order valence-corrected chi connectivity index (χ4v) is 5.55. The van der Waals surface area contributed by atoms with Crippen molar-refractivity contribution in [3.05, 3.63) is 85.9 Å². The zero-order chi connectivity index (χ0) is 29.9. The topological polar surface area (TPSA) is 128 Å². The first-order valence-electron chi connectivity index (χ1n) is 12.7. The van der Waals surface area contributed by atoms with Gasteiger partial charge in [-0.25, -0.2) is 4.39 Å². The first-order valence-corrected chi connectivity index (χ1v) is 13.5. The van der Waals surface area contributed by atoms with Gasteiger partial charge in [-0.2, -0.15) is 13.2 Å². The van der Waals surface area contributed by atoms with Crippen molar-refractivity contribution < 1.29 is 31.9 Å². The highest BCUT2D eigenvalue weighted by atomic mass is 32.1. The number of anilines is 1. The minimum Gasteiger partial charge on any atom is -0.398 e. The third-order valence-corrected chi connectivity index (χ3v) is 7.98. The molecule has 3 amide bonds. The molecule has 0 spiro atoms. The van der Waals surface area contributed by atoms with Crippen LogP contribution in [0, 0.1) is 11.2 Å². The molecule has 0 radical (unpaired) electrons. The first kappa shape index (κ1) is 29.7. The van der Waals surface area contributed by atoms with Crippen molar-refractivity contribution >= 4 is 41.0 Å². The number of hydrogen-bond acceptors (Lipinski definition) is 6. The minimum atomic E-state index is -4.85. The number of benzene rings is 2. The molecule has 0 unspecified atom stereocenters. The summed E-state index contributed by atoms with van der Waals surface area (Å²) in [7, 11) is 0. The van der Waals surface area contributed by atoms with Gasteiger partial charge in [0.05, 0.1) is 10.4 Å². The van der Waals surface area contributed by atoms with Crippen molar-refractivity contribution in [2.24, 2.45) is 0 Å². The van der Waals surface area contributed by atoms with Crippen LogP contribution in [-0.2, 0) is 30.5 Å². The predicted molar refractivity (Wildman–Crippen MR) is 146 cm³/mol. The monoisotopic (exact) mass is 589 g/mol. The van der Waals surface area contributed by atoms with Crippen molar-refractivity contribution in [2.75, 3.05) is 12.3 Å². The highest BCUT2D eigenvalue weighted by Crippen LogP contribution is 2.33. The van der Waals surface area contributed by atoms with Gasteiger partial charge in [-0.15, -0.1) is 11.3 Å².